The van der Waals surface area contributed by atoms with E-state index < -0.39 is 23.5 Å². The average molecular weight is 431 g/mol. The standard InChI is InChI=1S/C23H30N2O6/c1-14(2)12-17(23(28)30-4)24-21(26)16-13-15-8-9-18(29-3)20-19(15)25(22(16)27)10-6-5-7-11-31-20/h8-9,13-14,17H,5-7,10-12H2,1-4H3,(H,24,26). The monoisotopic (exact) mass is 430 g/mol. The van der Waals surface area contributed by atoms with Crippen molar-refractivity contribution in [2.24, 2.45) is 5.92 Å². The maximum absolute atomic E-state index is 13.4. The zero-order chi connectivity index (χ0) is 22.5. The van der Waals surface area contributed by atoms with E-state index in [9.17, 15) is 14.4 Å². The van der Waals surface area contributed by atoms with Crippen molar-refractivity contribution in [3.05, 3.63) is 34.1 Å². The maximum atomic E-state index is 13.4. The molecule has 0 fully saturated rings. The lowest BCUT2D eigenvalue weighted by Crippen LogP contribution is -2.44. The number of aryl methyl sites for hydroxylation is 1. The van der Waals surface area contributed by atoms with E-state index in [0.717, 1.165) is 19.3 Å². The van der Waals surface area contributed by atoms with Crippen molar-refractivity contribution < 1.29 is 23.8 Å². The fourth-order valence-corrected chi connectivity index (χ4v) is 3.89. The van der Waals surface area contributed by atoms with Crippen molar-refractivity contribution in [2.45, 2.75) is 52.1 Å². The molecule has 1 aromatic carbocycles. The fourth-order valence-electron chi connectivity index (χ4n) is 3.89. The minimum absolute atomic E-state index is 0.0134. The van der Waals surface area contributed by atoms with Gasteiger partial charge in [0.2, 0.25) is 0 Å². The average Bonchev–Trinajstić information content (AvgIpc) is 2.86. The molecule has 8 heteroatoms. The number of esters is 1. The Hall–Kier alpha value is -3.03. The number of amides is 1. The Bertz CT molecular complexity index is 1030. The van der Waals surface area contributed by atoms with Crippen molar-refractivity contribution >= 4 is 22.8 Å². The second-order valence-corrected chi connectivity index (χ2v) is 8.14. The van der Waals surface area contributed by atoms with E-state index in [-0.39, 0.29) is 11.5 Å². The molecule has 0 aliphatic carbocycles. The predicted molar refractivity (Wildman–Crippen MR) is 117 cm³/mol. The summed E-state index contributed by atoms with van der Waals surface area (Å²) in [6.45, 7) is 4.89. The first kappa shape index (κ1) is 22.7. The highest BCUT2D eigenvalue weighted by Gasteiger charge is 2.26. The van der Waals surface area contributed by atoms with Crippen molar-refractivity contribution in [2.75, 3.05) is 20.8 Å². The molecule has 0 saturated carbocycles. The van der Waals surface area contributed by atoms with Gasteiger partial charge < -0.3 is 24.1 Å². The highest BCUT2D eigenvalue weighted by Crippen LogP contribution is 2.36. The molecular weight excluding hydrogens is 400 g/mol. The van der Waals surface area contributed by atoms with E-state index in [1.807, 2.05) is 13.8 Å². The van der Waals surface area contributed by atoms with Crippen LogP contribution in [0.15, 0.2) is 23.0 Å². The number of aromatic nitrogens is 1. The molecule has 0 bridgehead atoms. The Morgan fingerprint density at radius 1 is 1.19 bits per heavy atom. The number of carbonyl (C=O) groups excluding carboxylic acids is 2. The molecule has 0 radical (unpaired) electrons. The topological polar surface area (TPSA) is 95.9 Å². The lowest BCUT2D eigenvalue weighted by atomic mass is 10.0. The van der Waals surface area contributed by atoms with Crippen LogP contribution in [0.2, 0.25) is 0 Å². The molecule has 1 atom stereocenters. The number of benzene rings is 1. The zero-order valence-corrected chi connectivity index (χ0v) is 18.5. The Balaban J connectivity index is 2.10. The molecular formula is C23H30N2O6. The second kappa shape index (κ2) is 9.85. The van der Waals surface area contributed by atoms with Crippen LogP contribution in [0, 0.1) is 5.92 Å². The van der Waals surface area contributed by atoms with Crippen molar-refractivity contribution in [1.82, 2.24) is 9.88 Å². The van der Waals surface area contributed by atoms with Crippen LogP contribution in [0.3, 0.4) is 0 Å². The molecule has 2 heterocycles. The first-order valence-electron chi connectivity index (χ1n) is 10.6. The molecule has 2 aromatic rings. The van der Waals surface area contributed by atoms with Crippen molar-refractivity contribution in [3.63, 3.8) is 0 Å². The summed E-state index contributed by atoms with van der Waals surface area (Å²) in [5.74, 6) is 0.0893. The quantitative estimate of drug-likeness (QED) is 0.708. The number of nitrogens with zero attached hydrogens (tertiary/aromatic N) is 1. The molecule has 8 nitrogen and oxygen atoms in total. The van der Waals surface area contributed by atoms with Crippen LogP contribution in [0.5, 0.6) is 11.5 Å². The summed E-state index contributed by atoms with van der Waals surface area (Å²) in [5.41, 5.74) is 0.188. The molecule has 1 N–H and O–H groups in total. The van der Waals surface area contributed by atoms with E-state index in [2.05, 4.69) is 5.32 Å². The number of carbonyl (C=O) groups is 2. The number of methoxy groups -OCH3 is 2. The van der Waals surface area contributed by atoms with Crippen molar-refractivity contribution in [1.29, 1.82) is 0 Å². The minimum atomic E-state index is -0.821. The van der Waals surface area contributed by atoms with Gasteiger partial charge in [-0.05, 0) is 49.8 Å². The largest absolute Gasteiger partial charge is 0.493 e. The van der Waals surface area contributed by atoms with Gasteiger partial charge in [-0.2, -0.15) is 0 Å². The van der Waals surface area contributed by atoms with Gasteiger partial charge >= 0.3 is 5.97 Å². The Morgan fingerprint density at radius 2 is 1.97 bits per heavy atom. The molecule has 1 amide bonds. The van der Waals surface area contributed by atoms with Gasteiger partial charge in [0.05, 0.1) is 26.3 Å². The highest BCUT2D eigenvalue weighted by molar-refractivity contribution is 6.00. The van der Waals surface area contributed by atoms with Gasteiger partial charge in [0.25, 0.3) is 11.5 Å². The summed E-state index contributed by atoms with van der Waals surface area (Å²) in [6.07, 6.45) is 2.97. The van der Waals surface area contributed by atoms with Crippen LogP contribution >= 0.6 is 0 Å². The first-order chi connectivity index (χ1) is 14.9. The molecule has 1 unspecified atom stereocenters. The van der Waals surface area contributed by atoms with E-state index in [1.54, 1.807) is 29.9 Å². The van der Waals surface area contributed by atoms with Crippen LogP contribution < -0.4 is 20.3 Å². The predicted octanol–water partition coefficient (Wildman–Crippen LogP) is 2.89. The van der Waals surface area contributed by atoms with Crippen LogP contribution in [0.1, 0.15) is 49.9 Å². The van der Waals surface area contributed by atoms with E-state index in [4.69, 9.17) is 14.2 Å². The SMILES string of the molecule is COC(=O)C(CC(C)C)NC(=O)c1cc2ccc(OC)c3c2n(c1=O)CCCCCO3. The number of hydrogen-bond acceptors (Lipinski definition) is 6. The zero-order valence-electron chi connectivity index (χ0n) is 18.5. The molecule has 1 aromatic heterocycles. The molecule has 1 aliphatic heterocycles. The van der Waals surface area contributed by atoms with Gasteiger partial charge in [-0.25, -0.2) is 4.79 Å². The van der Waals surface area contributed by atoms with Crippen LogP contribution in [0.25, 0.3) is 10.9 Å². The molecule has 168 valence electrons. The molecule has 0 saturated heterocycles. The van der Waals surface area contributed by atoms with Crippen LogP contribution in [-0.2, 0) is 16.1 Å². The lowest BCUT2D eigenvalue weighted by Gasteiger charge is -2.20. The van der Waals surface area contributed by atoms with Crippen LogP contribution in [-0.4, -0.2) is 43.3 Å². The number of pyridine rings is 1. The smallest absolute Gasteiger partial charge is 0.328 e. The van der Waals surface area contributed by atoms with Gasteiger partial charge in [-0.3, -0.25) is 9.59 Å². The summed E-state index contributed by atoms with van der Waals surface area (Å²) in [6, 6.07) is 4.30. The van der Waals surface area contributed by atoms with Crippen LogP contribution in [0.4, 0.5) is 0 Å². The molecule has 31 heavy (non-hydrogen) atoms. The third-order valence-electron chi connectivity index (χ3n) is 5.41. The molecule has 3 rings (SSSR count). The highest BCUT2D eigenvalue weighted by atomic mass is 16.5. The third kappa shape index (κ3) is 4.84. The van der Waals surface area contributed by atoms with Gasteiger partial charge in [0, 0.05) is 11.9 Å². The van der Waals surface area contributed by atoms with E-state index in [1.165, 1.54) is 7.11 Å². The Morgan fingerprint density at radius 3 is 2.65 bits per heavy atom. The van der Waals surface area contributed by atoms with E-state index >= 15 is 0 Å². The fraction of sp³-hybridized carbons (Fsp3) is 0.522. The van der Waals surface area contributed by atoms with Crippen molar-refractivity contribution in [3.8, 4) is 11.5 Å². The molecule has 1 aliphatic rings. The second-order valence-electron chi connectivity index (χ2n) is 8.14. The summed E-state index contributed by atoms with van der Waals surface area (Å²) >= 11 is 0. The van der Waals surface area contributed by atoms with Gasteiger partial charge in [0.15, 0.2) is 11.5 Å². The van der Waals surface area contributed by atoms with E-state index in [0.29, 0.717) is 42.0 Å². The normalized spacial score (nSPS) is 14.7. The Kier molecular flexibility index (Phi) is 7.20. The Labute approximate surface area is 181 Å². The third-order valence-corrected chi connectivity index (χ3v) is 5.41. The first-order valence-corrected chi connectivity index (χ1v) is 10.6. The maximum Gasteiger partial charge on any atom is 0.328 e. The van der Waals surface area contributed by atoms with Gasteiger partial charge in [0.1, 0.15) is 11.6 Å². The minimum Gasteiger partial charge on any atom is -0.493 e. The summed E-state index contributed by atoms with van der Waals surface area (Å²) in [5, 5.41) is 3.38. The summed E-state index contributed by atoms with van der Waals surface area (Å²) in [7, 11) is 2.83. The summed E-state index contributed by atoms with van der Waals surface area (Å²) < 4.78 is 17.8. The van der Waals surface area contributed by atoms with Gasteiger partial charge in [-0.15, -0.1) is 0 Å². The summed E-state index contributed by atoms with van der Waals surface area (Å²) in [4.78, 5) is 38.5. The number of nitrogens with one attached hydrogen (secondary N) is 1. The van der Waals surface area contributed by atoms with Gasteiger partial charge in [-0.1, -0.05) is 13.8 Å². The number of ether oxygens (including phenoxy) is 3. The number of rotatable bonds is 6. The molecule has 0 spiro atoms. The number of hydrogen-bond donors (Lipinski definition) is 1. The lowest BCUT2D eigenvalue weighted by molar-refractivity contribution is -0.143.